The van der Waals surface area contributed by atoms with Crippen LogP contribution < -0.4 is 5.32 Å². The molecular weight excluding hydrogens is 242 g/mol. The van der Waals surface area contributed by atoms with Gasteiger partial charge in [-0.2, -0.15) is 0 Å². The van der Waals surface area contributed by atoms with Crippen LogP contribution in [-0.4, -0.2) is 30.5 Å². The van der Waals surface area contributed by atoms with Crippen LogP contribution in [0.3, 0.4) is 0 Å². The Morgan fingerprint density at radius 2 is 2.06 bits per heavy atom. The van der Waals surface area contributed by atoms with Crippen molar-refractivity contribution in [3.63, 3.8) is 0 Å². The van der Waals surface area contributed by atoms with E-state index in [0.717, 1.165) is 26.1 Å². The number of thiazole rings is 1. The summed E-state index contributed by atoms with van der Waals surface area (Å²) < 4.78 is 0. The second-order valence-electron chi connectivity index (χ2n) is 5.49. The van der Waals surface area contributed by atoms with Gasteiger partial charge in [-0.05, 0) is 33.0 Å². The van der Waals surface area contributed by atoms with Gasteiger partial charge in [0.25, 0.3) is 0 Å². The van der Waals surface area contributed by atoms with Crippen LogP contribution in [0.5, 0.6) is 0 Å². The van der Waals surface area contributed by atoms with Crippen molar-refractivity contribution in [3.05, 3.63) is 15.6 Å². The van der Waals surface area contributed by atoms with Gasteiger partial charge in [0.2, 0.25) is 0 Å². The fraction of sp³-hybridized carbons (Fsp3) is 0.786. The molecule has 1 rings (SSSR count). The summed E-state index contributed by atoms with van der Waals surface area (Å²) in [5, 5.41) is 4.76. The lowest BCUT2D eigenvalue weighted by molar-refractivity contribution is 0.401. The van der Waals surface area contributed by atoms with E-state index in [0.29, 0.717) is 5.92 Å². The lowest BCUT2D eigenvalue weighted by Gasteiger charge is -2.06. The van der Waals surface area contributed by atoms with Crippen molar-refractivity contribution in [2.75, 3.05) is 20.6 Å². The fourth-order valence-corrected chi connectivity index (χ4v) is 3.02. The predicted molar refractivity (Wildman–Crippen MR) is 80.0 cm³/mol. The van der Waals surface area contributed by atoms with Crippen molar-refractivity contribution >= 4 is 11.3 Å². The third-order valence-corrected chi connectivity index (χ3v) is 3.68. The molecule has 0 aliphatic rings. The third-order valence-electron chi connectivity index (χ3n) is 2.60. The normalized spacial score (nSPS) is 11.7. The van der Waals surface area contributed by atoms with Crippen molar-refractivity contribution in [2.45, 2.75) is 46.7 Å². The number of nitrogens with one attached hydrogen (secondary N) is 1. The molecule has 0 aliphatic heterocycles. The first-order valence-corrected chi connectivity index (χ1v) is 7.67. The van der Waals surface area contributed by atoms with Crippen LogP contribution in [0, 0.1) is 5.92 Å². The van der Waals surface area contributed by atoms with Crippen molar-refractivity contribution in [1.29, 1.82) is 0 Å². The van der Waals surface area contributed by atoms with Crippen LogP contribution in [0.1, 0.15) is 42.8 Å². The molecule has 0 aromatic carbocycles. The molecule has 0 atom stereocenters. The number of rotatable bonds is 8. The average Bonchev–Trinajstić information content (AvgIpc) is 2.59. The molecule has 1 heterocycles. The lowest BCUT2D eigenvalue weighted by Crippen LogP contribution is -2.19. The van der Waals surface area contributed by atoms with Crippen LogP contribution in [0.2, 0.25) is 0 Å². The highest BCUT2D eigenvalue weighted by atomic mass is 32.1. The predicted octanol–water partition coefficient (Wildman–Crippen LogP) is 2.90. The first kappa shape index (κ1) is 15.6. The van der Waals surface area contributed by atoms with Crippen LogP contribution in [-0.2, 0) is 19.5 Å². The van der Waals surface area contributed by atoms with E-state index in [-0.39, 0.29) is 0 Å². The Labute approximate surface area is 116 Å². The quantitative estimate of drug-likeness (QED) is 0.786. The second-order valence-corrected chi connectivity index (χ2v) is 6.66. The number of aromatic nitrogens is 1. The maximum absolute atomic E-state index is 4.77. The zero-order valence-electron chi connectivity index (χ0n) is 12.4. The summed E-state index contributed by atoms with van der Waals surface area (Å²) in [6.07, 6.45) is 2.27. The molecule has 0 unspecified atom stereocenters. The maximum Gasteiger partial charge on any atom is 0.107 e. The monoisotopic (exact) mass is 269 g/mol. The minimum absolute atomic E-state index is 0.703. The van der Waals surface area contributed by atoms with E-state index in [1.54, 1.807) is 0 Å². The molecule has 1 aromatic rings. The smallest absolute Gasteiger partial charge is 0.107 e. The average molecular weight is 269 g/mol. The van der Waals surface area contributed by atoms with Crippen LogP contribution in [0.4, 0.5) is 0 Å². The molecule has 0 spiro atoms. The first-order chi connectivity index (χ1) is 8.52. The zero-order valence-corrected chi connectivity index (χ0v) is 13.2. The SMILES string of the molecule is CCCc1nc(CN(C)C)sc1CNCC(C)C. The summed E-state index contributed by atoms with van der Waals surface area (Å²) in [5.74, 6) is 0.703. The van der Waals surface area contributed by atoms with Gasteiger partial charge in [-0.25, -0.2) is 4.98 Å². The van der Waals surface area contributed by atoms with E-state index in [9.17, 15) is 0 Å². The van der Waals surface area contributed by atoms with Gasteiger partial charge in [0.05, 0.1) is 5.69 Å². The second kappa shape index (κ2) is 7.87. The third kappa shape index (κ3) is 5.46. The molecule has 18 heavy (non-hydrogen) atoms. The zero-order chi connectivity index (χ0) is 13.5. The van der Waals surface area contributed by atoms with Gasteiger partial charge in [-0.3, -0.25) is 0 Å². The van der Waals surface area contributed by atoms with E-state index in [4.69, 9.17) is 4.98 Å². The van der Waals surface area contributed by atoms with Crippen LogP contribution >= 0.6 is 11.3 Å². The van der Waals surface area contributed by atoms with Gasteiger partial charge in [-0.1, -0.05) is 27.2 Å². The number of hydrogen-bond acceptors (Lipinski definition) is 4. The maximum atomic E-state index is 4.77. The van der Waals surface area contributed by atoms with Crippen molar-refractivity contribution in [2.24, 2.45) is 5.92 Å². The van der Waals surface area contributed by atoms with Gasteiger partial charge in [0.15, 0.2) is 0 Å². The van der Waals surface area contributed by atoms with Gasteiger partial charge in [0, 0.05) is 18.0 Å². The molecule has 0 amide bonds. The van der Waals surface area contributed by atoms with Crippen molar-refractivity contribution in [1.82, 2.24) is 15.2 Å². The highest BCUT2D eigenvalue weighted by Gasteiger charge is 2.11. The van der Waals surface area contributed by atoms with Crippen molar-refractivity contribution < 1.29 is 0 Å². The van der Waals surface area contributed by atoms with Gasteiger partial charge in [-0.15, -0.1) is 11.3 Å². The van der Waals surface area contributed by atoms with E-state index in [1.165, 1.54) is 22.0 Å². The molecule has 1 aromatic heterocycles. The molecule has 4 heteroatoms. The van der Waals surface area contributed by atoms with E-state index in [2.05, 4.69) is 45.1 Å². The molecule has 1 N–H and O–H groups in total. The van der Waals surface area contributed by atoms with E-state index >= 15 is 0 Å². The summed E-state index contributed by atoms with van der Waals surface area (Å²) in [7, 11) is 4.19. The van der Waals surface area contributed by atoms with Crippen LogP contribution in [0.25, 0.3) is 0 Å². The van der Waals surface area contributed by atoms with E-state index in [1.807, 2.05) is 11.3 Å². The van der Waals surface area contributed by atoms with Gasteiger partial charge in [0.1, 0.15) is 5.01 Å². The minimum Gasteiger partial charge on any atom is -0.312 e. The Morgan fingerprint density at radius 1 is 1.33 bits per heavy atom. The molecule has 0 fully saturated rings. The molecular formula is C14H27N3S. The lowest BCUT2D eigenvalue weighted by atomic mass is 10.2. The molecule has 0 saturated heterocycles. The van der Waals surface area contributed by atoms with Gasteiger partial charge < -0.3 is 10.2 Å². The fourth-order valence-electron chi connectivity index (χ4n) is 1.82. The Bertz CT molecular complexity index is 345. The largest absolute Gasteiger partial charge is 0.312 e. The summed E-state index contributed by atoms with van der Waals surface area (Å²) in [6.45, 7) is 9.70. The number of aryl methyl sites for hydroxylation is 1. The highest BCUT2D eigenvalue weighted by molar-refractivity contribution is 7.11. The summed E-state index contributed by atoms with van der Waals surface area (Å²) in [6, 6.07) is 0. The molecule has 0 radical (unpaired) electrons. The van der Waals surface area contributed by atoms with Gasteiger partial charge >= 0.3 is 0 Å². The Balaban J connectivity index is 2.64. The molecule has 0 bridgehead atoms. The summed E-state index contributed by atoms with van der Waals surface area (Å²) >= 11 is 1.86. The standard InChI is InChI=1S/C14H27N3S/c1-6-7-12-13(9-15-8-11(2)3)18-14(16-12)10-17(4)5/h11,15H,6-10H2,1-5H3. The Morgan fingerprint density at radius 3 is 2.61 bits per heavy atom. The minimum atomic E-state index is 0.703. The molecule has 3 nitrogen and oxygen atoms in total. The van der Waals surface area contributed by atoms with Crippen molar-refractivity contribution in [3.8, 4) is 0 Å². The van der Waals surface area contributed by atoms with Crippen LogP contribution in [0.15, 0.2) is 0 Å². The van der Waals surface area contributed by atoms with E-state index < -0.39 is 0 Å². The molecule has 0 aliphatic carbocycles. The number of hydrogen-bond donors (Lipinski definition) is 1. The Hall–Kier alpha value is -0.450. The molecule has 104 valence electrons. The topological polar surface area (TPSA) is 28.2 Å². The Kier molecular flexibility index (Phi) is 6.82. The first-order valence-electron chi connectivity index (χ1n) is 6.85. The molecule has 0 saturated carbocycles. The summed E-state index contributed by atoms with van der Waals surface area (Å²) in [4.78, 5) is 8.38. The highest BCUT2D eigenvalue weighted by Crippen LogP contribution is 2.21. The number of nitrogens with zero attached hydrogens (tertiary/aromatic N) is 2. The summed E-state index contributed by atoms with van der Waals surface area (Å²) in [5.41, 5.74) is 1.30.